The van der Waals surface area contributed by atoms with Gasteiger partial charge in [-0.1, -0.05) is 303 Å². The predicted molar refractivity (Wildman–Crippen MR) is 419 cm³/mol. The summed E-state index contributed by atoms with van der Waals surface area (Å²) in [6.45, 7) is 0. The van der Waals surface area contributed by atoms with E-state index in [4.69, 9.17) is 0 Å². The molecule has 0 amide bonds. The van der Waals surface area contributed by atoms with Crippen molar-refractivity contribution in [3.63, 3.8) is 0 Å². The van der Waals surface area contributed by atoms with Gasteiger partial charge >= 0.3 is 0 Å². The second-order valence-corrected chi connectivity index (χ2v) is 25.5. The van der Waals surface area contributed by atoms with Crippen molar-refractivity contribution < 1.29 is 0 Å². The first-order valence-corrected chi connectivity index (χ1v) is 33.8. The SMILES string of the molecule is c1ccc(-c2cccc(N(c3cccc(-c4cc5ccccc5c5ccccc45)c3)c3ccccc3-c3cccc4cc(-c5cccc(-c6ccc(N(c7cccc(-c8cc9ccccc9c9ccccc89)c7)c7ccccc7-c7cccc8ccccc78)cc6)c5)ccc34)c2)cc1. The van der Waals surface area contributed by atoms with E-state index in [0.717, 1.165) is 84.2 Å². The molecule has 0 N–H and O–H groups in total. The molecule has 18 rings (SSSR count). The molecular weight excluding hydrogens is 1180 g/mol. The summed E-state index contributed by atoms with van der Waals surface area (Å²) >= 11 is 0. The predicted octanol–water partition coefficient (Wildman–Crippen LogP) is 27.2. The fourth-order valence-corrected chi connectivity index (χ4v) is 15.2. The molecule has 0 aliphatic heterocycles. The van der Waals surface area contributed by atoms with Crippen molar-refractivity contribution in [2.45, 2.75) is 0 Å². The van der Waals surface area contributed by atoms with Gasteiger partial charge in [-0.15, -0.1) is 0 Å². The minimum Gasteiger partial charge on any atom is -0.310 e. The summed E-state index contributed by atoms with van der Waals surface area (Å²) in [5.74, 6) is 0. The zero-order valence-electron chi connectivity index (χ0n) is 53.8. The topological polar surface area (TPSA) is 6.48 Å². The van der Waals surface area contributed by atoms with Gasteiger partial charge in [0, 0.05) is 33.9 Å². The number of hydrogen-bond acceptors (Lipinski definition) is 2. The molecule has 0 aliphatic carbocycles. The van der Waals surface area contributed by atoms with E-state index in [1.54, 1.807) is 0 Å². The van der Waals surface area contributed by atoms with Crippen LogP contribution in [0.1, 0.15) is 0 Å². The number of para-hydroxylation sites is 2. The van der Waals surface area contributed by atoms with Gasteiger partial charge in [0.2, 0.25) is 0 Å². The fraction of sp³-hybridized carbons (Fsp3) is 0. The van der Waals surface area contributed by atoms with Crippen LogP contribution in [-0.2, 0) is 0 Å². The molecule has 2 nitrogen and oxygen atoms in total. The maximum absolute atomic E-state index is 2.45. The van der Waals surface area contributed by atoms with Crippen LogP contribution < -0.4 is 9.80 Å². The van der Waals surface area contributed by atoms with E-state index in [1.165, 1.54) is 92.5 Å². The van der Waals surface area contributed by atoms with Gasteiger partial charge in [0.15, 0.2) is 0 Å². The van der Waals surface area contributed by atoms with E-state index < -0.39 is 0 Å². The number of hydrogen-bond donors (Lipinski definition) is 0. The lowest BCUT2D eigenvalue weighted by Gasteiger charge is -2.29. The van der Waals surface area contributed by atoms with Gasteiger partial charge in [0.1, 0.15) is 0 Å². The molecule has 18 aromatic carbocycles. The largest absolute Gasteiger partial charge is 0.310 e. The Bertz CT molecular complexity index is 6080. The zero-order chi connectivity index (χ0) is 64.9. The summed E-state index contributed by atoms with van der Waals surface area (Å²) in [5, 5.41) is 14.8. The van der Waals surface area contributed by atoms with Crippen LogP contribution in [0, 0.1) is 0 Å². The molecule has 18 aromatic rings. The average molecular weight is 1250 g/mol. The molecule has 0 fully saturated rings. The summed E-state index contributed by atoms with van der Waals surface area (Å²) in [7, 11) is 0. The van der Waals surface area contributed by atoms with Crippen molar-refractivity contribution in [3.05, 3.63) is 388 Å². The molecule has 0 radical (unpaired) electrons. The van der Waals surface area contributed by atoms with E-state index in [2.05, 4.69) is 398 Å². The summed E-state index contributed by atoms with van der Waals surface area (Å²) in [6.07, 6.45) is 0. The van der Waals surface area contributed by atoms with Gasteiger partial charge < -0.3 is 9.80 Å². The summed E-state index contributed by atoms with van der Waals surface area (Å²) in [5.41, 5.74) is 22.9. The quantitative estimate of drug-likeness (QED) is 0.106. The first-order valence-electron chi connectivity index (χ1n) is 33.8. The summed E-state index contributed by atoms with van der Waals surface area (Å²) < 4.78 is 0. The van der Waals surface area contributed by atoms with Gasteiger partial charge in [0.25, 0.3) is 0 Å². The second kappa shape index (κ2) is 24.8. The number of benzene rings is 18. The lowest BCUT2D eigenvalue weighted by atomic mass is 9.92. The zero-order valence-corrected chi connectivity index (χ0v) is 53.8. The molecule has 2 heteroatoms. The Hall–Kier alpha value is -12.9. The molecule has 0 atom stereocenters. The molecule has 0 saturated carbocycles. The monoisotopic (exact) mass is 1240 g/mol. The molecule has 0 unspecified atom stereocenters. The number of rotatable bonds is 13. The van der Waals surface area contributed by atoms with Gasteiger partial charge in [-0.25, -0.2) is 0 Å². The van der Waals surface area contributed by atoms with Crippen molar-refractivity contribution in [2.24, 2.45) is 0 Å². The van der Waals surface area contributed by atoms with Crippen molar-refractivity contribution in [1.29, 1.82) is 0 Å². The van der Waals surface area contributed by atoms with Crippen LogP contribution in [0.25, 0.3) is 143 Å². The Morgan fingerprint density at radius 2 is 0.459 bits per heavy atom. The highest BCUT2D eigenvalue weighted by Gasteiger charge is 2.23. The maximum Gasteiger partial charge on any atom is 0.0540 e. The Morgan fingerprint density at radius 1 is 0.133 bits per heavy atom. The lowest BCUT2D eigenvalue weighted by molar-refractivity contribution is 1.28. The van der Waals surface area contributed by atoms with Crippen molar-refractivity contribution in [1.82, 2.24) is 0 Å². The Kier molecular flexibility index (Phi) is 14.6. The van der Waals surface area contributed by atoms with Crippen molar-refractivity contribution in [3.8, 4) is 77.9 Å². The Labute approximate surface area is 571 Å². The van der Waals surface area contributed by atoms with Crippen LogP contribution in [0.2, 0.25) is 0 Å². The third-order valence-electron chi connectivity index (χ3n) is 19.8. The van der Waals surface area contributed by atoms with E-state index >= 15 is 0 Å². The van der Waals surface area contributed by atoms with Crippen LogP contribution in [-0.4, -0.2) is 0 Å². The minimum atomic E-state index is 1.07. The average Bonchev–Trinajstić information content (AvgIpc) is 0.772. The van der Waals surface area contributed by atoms with E-state index in [0.29, 0.717) is 0 Å². The maximum atomic E-state index is 2.45. The third-order valence-corrected chi connectivity index (χ3v) is 19.8. The van der Waals surface area contributed by atoms with Crippen LogP contribution in [0.3, 0.4) is 0 Å². The van der Waals surface area contributed by atoms with Crippen LogP contribution in [0.5, 0.6) is 0 Å². The number of fused-ring (bicyclic) bond motifs is 8. The summed E-state index contributed by atoms with van der Waals surface area (Å²) in [6, 6.07) is 143. The first-order chi connectivity index (χ1) is 48.6. The van der Waals surface area contributed by atoms with Crippen LogP contribution in [0.4, 0.5) is 34.1 Å². The third kappa shape index (κ3) is 10.5. The molecular formula is C96H64N2. The van der Waals surface area contributed by atoms with Crippen molar-refractivity contribution >= 4 is 98.8 Å². The lowest BCUT2D eigenvalue weighted by Crippen LogP contribution is -2.11. The molecule has 0 saturated heterocycles. The molecule has 0 aliphatic rings. The second-order valence-electron chi connectivity index (χ2n) is 25.5. The number of anilines is 6. The Morgan fingerprint density at radius 3 is 1.03 bits per heavy atom. The van der Waals surface area contributed by atoms with E-state index in [1.807, 2.05) is 0 Å². The number of nitrogens with zero attached hydrogens (tertiary/aromatic N) is 2. The normalized spacial score (nSPS) is 11.5. The fourth-order valence-electron chi connectivity index (χ4n) is 15.2. The van der Waals surface area contributed by atoms with Gasteiger partial charge in [-0.3, -0.25) is 0 Å². The van der Waals surface area contributed by atoms with Crippen LogP contribution in [0.15, 0.2) is 388 Å². The first kappa shape index (κ1) is 57.8. The van der Waals surface area contributed by atoms with Gasteiger partial charge in [-0.2, -0.15) is 0 Å². The van der Waals surface area contributed by atoms with E-state index in [9.17, 15) is 0 Å². The minimum absolute atomic E-state index is 1.07. The Balaban J connectivity index is 0.710. The molecule has 0 spiro atoms. The molecule has 0 heterocycles. The van der Waals surface area contributed by atoms with Gasteiger partial charge in [0.05, 0.1) is 11.4 Å². The highest BCUT2D eigenvalue weighted by molar-refractivity contribution is 6.16. The van der Waals surface area contributed by atoms with Crippen molar-refractivity contribution in [2.75, 3.05) is 9.80 Å². The highest BCUT2D eigenvalue weighted by Crippen LogP contribution is 2.48. The standard InChI is InChI=1S/C96H64N2/c1-2-24-65(25-3-1)70-32-19-36-78(60-70)98(80-38-21-34-74(62-80)94-64-76-28-6-9-41-83(76)86-43-11-13-45-90(86)94)96-51-17-15-47-92(96)88-49-23-35-72-59-71(54-57-84(72)88)69-31-18-30-68(58-69)66-52-55-77(56-53-66)97(95-50-16-14-46-91(95)87-48-22-29-67-26-4-7-39-81(67)87)79-37-20-33-73(61-79)93-63-75-27-5-8-40-82(75)85-42-10-12-44-89(85)93/h1-64H. The highest BCUT2D eigenvalue weighted by atomic mass is 15.2. The summed E-state index contributed by atoms with van der Waals surface area (Å²) in [4.78, 5) is 4.90. The molecule has 0 bridgehead atoms. The van der Waals surface area contributed by atoms with Crippen LogP contribution >= 0.6 is 0 Å². The smallest absolute Gasteiger partial charge is 0.0540 e. The molecule has 458 valence electrons. The van der Waals surface area contributed by atoms with Gasteiger partial charge in [-0.05, 0) is 216 Å². The molecule has 0 aromatic heterocycles. The molecule has 98 heavy (non-hydrogen) atoms. The van der Waals surface area contributed by atoms with E-state index in [-0.39, 0.29) is 0 Å².